The molecule has 0 aliphatic rings. The fourth-order valence-electron chi connectivity index (χ4n) is 0.964. The van der Waals surface area contributed by atoms with Crippen LogP contribution in [0.2, 0.25) is 0 Å². The summed E-state index contributed by atoms with van der Waals surface area (Å²) >= 11 is 0. The molecule has 0 atom stereocenters. The Balaban J connectivity index is 2.40. The molecule has 0 amide bonds. The Kier molecular flexibility index (Phi) is 4.70. The largest absolute Gasteiger partial charge is 0.461 e. The highest BCUT2D eigenvalue weighted by Gasteiger charge is 2.08. The molecule has 1 rings (SSSR count). The number of hydrogen-bond acceptors (Lipinski definition) is 4. The number of nitrogens with zero attached hydrogens (tertiary/aromatic N) is 1. The van der Waals surface area contributed by atoms with E-state index < -0.39 is 11.9 Å². The highest BCUT2D eigenvalue weighted by molar-refractivity contribution is 5.87. The number of rotatable bonds is 5. The number of esters is 1. The van der Waals surface area contributed by atoms with Crippen molar-refractivity contribution in [1.29, 1.82) is 0 Å². The molecule has 5 heteroatoms. The van der Waals surface area contributed by atoms with E-state index in [4.69, 9.17) is 9.47 Å². The van der Waals surface area contributed by atoms with E-state index in [0.29, 0.717) is 13.0 Å². The van der Waals surface area contributed by atoms with Crippen LogP contribution in [-0.4, -0.2) is 31.3 Å². The number of methoxy groups -OCH3 is 1. The lowest BCUT2D eigenvalue weighted by Crippen LogP contribution is -2.10. The molecule has 1 heterocycles. The monoisotopic (exact) mass is 213 g/mol. The van der Waals surface area contributed by atoms with Gasteiger partial charge in [0.2, 0.25) is 5.95 Å². The zero-order valence-electron chi connectivity index (χ0n) is 8.40. The first kappa shape index (κ1) is 11.6. The second kappa shape index (κ2) is 6.08. The summed E-state index contributed by atoms with van der Waals surface area (Å²) in [5.74, 6) is -1.31. The topological polar surface area (TPSA) is 48.4 Å². The SMILES string of the molecule is COCCCOC(=O)c1cccc(F)n1. The van der Waals surface area contributed by atoms with Gasteiger partial charge in [0.1, 0.15) is 0 Å². The summed E-state index contributed by atoms with van der Waals surface area (Å²) in [5.41, 5.74) is -0.0209. The Morgan fingerprint density at radius 2 is 2.27 bits per heavy atom. The summed E-state index contributed by atoms with van der Waals surface area (Å²) < 4.78 is 22.3. The van der Waals surface area contributed by atoms with Crippen molar-refractivity contribution in [2.24, 2.45) is 0 Å². The van der Waals surface area contributed by atoms with E-state index in [1.165, 1.54) is 18.2 Å². The first-order valence-corrected chi connectivity index (χ1v) is 4.52. The van der Waals surface area contributed by atoms with E-state index in [9.17, 15) is 9.18 Å². The third-order valence-electron chi connectivity index (χ3n) is 1.65. The maximum atomic E-state index is 12.6. The highest BCUT2D eigenvalue weighted by atomic mass is 19.1. The predicted molar refractivity (Wildman–Crippen MR) is 51.0 cm³/mol. The van der Waals surface area contributed by atoms with Crippen LogP contribution in [0.1, 0.15) is 16.9 Å². The summed E-state index contributed by atoms with van der Waals surface area (Å²) in [5, 5.41) is 0. The highest BCUT2D eigenvalue weighted by Crippen LogP contribution is 2.00. The van der Waals surface area contributed by atoms with Crippen LogP contribution in [0.4, 0.5) is 4.39 Å². The lowest BCUT2D eigenvalue weighted by molar-refractivity contribution is 0.0460. The van der Waals surface area contributed by atoms with Crippen LogP contribution in [0.5, 0.6) is 0 Å². The lowest BCUT2D eigenvalue weighted by atomic mass is 10.3. The first-order chi connectivity index (χ1) is 7.24. The van der Waals surface area contributed by atoms with Crippen LogP contribution < -0.4 is 0 Å². The van der Waals surface area contributed by atoms with Gasteiger partial charge in [-0.25, -0.2) is 9.78 Å². The van der Waals surface area contributed by atoms with Gasteiger partial charge in [0.05, 0.1) is 6.61 Å². The van der Waals surface area contributed by atoms with Gasteiger partial charge in [-0.2, -0.15) is 4.39 Å². The number of carbonyl (C=O) groups is 1. The molecule has 0 spiro atoms. The molecule has 0 saturated heterocycles. The zero-order valence-corrected chi connectivity index (χ0v) is 8.40. The fraction of sp³-hybridized carbons (Fsp3) is 0.400. The summed E-state index contributed by atoms with van der Waals surface area (Å²) in [6, 6.07) is 3.98. The number of hydrogen-bond donors (Lipinski definition) is 0. The van der Waals surface area contributed by atoms with Gasteiger partial charge in [-0.1, -0.05) is 6.07 Å². The van der Waals surface area contributed by atoms with Crippen LogP contribution in [-0.2, 0) is 9.47 Å². The van der Waals surface area contributed by atoms with Crippen LogP contribution in [0, 0.1) is 5.95 Å². The van der Waals surface area contributed by atoms with E-state index in [-0.39, 0.29) is 12.3 Å². The first-order valence-electron chi connectivity index (χ1n) is 4.52. The molecule has 0 aliphatic carbocycles. The van der Waals surface area contributed by atoms with Gasteiger partial charge in [0.25, 0.3) is 0 Å². The van der Waals surface area contributed by atoms with Crippen molar-refractivity contribution in [2.75, 3.05) is 20.3 Å². The van der Waals surface area contributed by atoms with Crippen molar-refractivity contribution in [3.63, 3.8) is 0 Å². The van der Waals surface area contributed by atoms with Gasteiger partial charge in [-0.05, 0) is 12.1 Å². The molecule has 0 aliphatic heterocycles. The van der Waals surface area contributed by atoms with Gasteiger partial charge in [-0.3, -0.25) is 0 Å². The summed E-state index contributed by atoms with van der Waals surface area (Å²) in [4.78, 5) is 14.7. The molecule has 0 N–H and O–H groups in total. The Bertz CT molecular complexity index is 330. The molecule has 0 unspecified atom stereocenters. The number of halogens is 1. The molecule has 0 radical (unpaired) electrons. The quantitative estimate of drug-likeness (QED) is 0.421. The van der Waals surface area contributed by atoms with Gasteiger partial charge >= 0.3 is 5.97 Å². The Labute approximate surface area is 87.0 Å². The minimum absolute atomic E-state index is 0.0209. The van der Waals surface area contributed by atoms with Crippen LogP contribution in [0.25, 0.3) is 0 Å². The molecule has 1 aromatic heterocycles. The zero-order chi connectivity index (χ0) is 11.1. The van der Waals surface area contributed by atoms with Crippen LogP contribution in [0.3, 0.4) is 0 Å². The molecule has 1 aromatic rings. The molecule has 0 bridgehead atoms. The molecule has 82 valence electrons. The number of pyridine rings is 1. The van der Waals surface area contributed by atoms with E-state index in [1.807, 2.05) is 0 Å². The molecule has 4 nitrogen and oxygen atoms in total. The van der Waals surface area contributed by atoms with Crippen LogP contribution >= 0.6 is 0 Å². The molecule has 15 heavy (non-hydrogen) atoms. The van der Waals surface area contributed by atoms with E-state index in [0.717, 1.165) is 0 Å². The molecular weight excluding hydrogens is 201 g/mol. The van der Waals surface area contributed by atoms with E-state index in [2.05, 4.69) is 4.98 Å². The van der Waals surface area contributed by atoms with Gasteiger partial charge in [-0.15, -0.1) is 0 Å². The van der Waals surface area contributed by atoms with Crippen molar-refractivity contribution < 1.29 is 18.7 Å². The van der Waals surface area contributed by atoms with Gasteiger partial charge in [0, 0.05) is 20.1 Å². The Hall–Kier alpha value is -1.49. The van der Waals surface area contributed by atoms with E-state index in [1.54, 1.807) is 7.11 Å². The van der Waals surface area contributed by atoms with Crippen molar-refractivity contribution in [1.82, 2.24) is 4.98 Å². The third-order valence-corrected chi connectivity index (χ3v) is 1.65. The van der Waals surface area contributed by atoms with Gasteiger partial charge in [0.15, 0.2) is 5.69 Å². The average molecular weight is 213 g/mol. The summed E-state index contributed by atoms with van der Waals surface area (Å²) in [6.07, 6.45) is 0.609. The Morgan fingerprint density at radius 3 is 2.93 bits per heavy atom. The van der Waals surface area contributed by atoms with Gasteiger partial charge < -0.3 is 9.47 Å². The van der Waals surface area contributed by atoms with Crippen molar-refractivity contribution in [3.05, 3.63) is 29.8 Å². The number of ether oxygens (including phenoxy) is 2. The Morgan fingerprint density at radius 1 is 1.47 bits per heavy atom. The lowest BCUT2D eigenvalue weighted by Gasteiger charge is -2.03. The van der Waals surface area contributed by atoms with Crippen molar-refractivity contribution in [3.8, 4) is 0 Å². The number of aromatic nitrogens is 1. The fourth-order valence-corrected chi connectivity index (χ4v) is 0.964. The maximum absolute atomic E-state index is 12.6. The molecule has 0 saturated carbocycles. The average Bonchev–Trinajstić information content (AvgIpc) is 2.24. The summed E-state index contributed by atoms with van der Waals surface area (Å²) in [7, 11) is 1.57. The molecular formula is C10H12FNO3. The van der Waals surface area contributed by atoms with Crippen molar-refractivity contribution in [2.45, 2.75) is 6.42 Å². The third kappa shape index (κ3) is 4.03. The predicted octanol–water partition coefficient (Wildman–Crippen LogP) is 1.41. The normalized spacial score (nSPS) is 10.0. The second-order valence-corrected chi connectivity index (χ2v) is 2.83. The van der Waals surface area contributed by atoms with Crippen molar-refractivity contribution >= 4 is 5.97 Å². The standard InChI is InChI=1S/C10H12FNO3/c1-14-6-3-7-15-10(13)8-4-2-5-9(11)12-8/h2,4-5H,3,6-7H2,1H3. The molecule has 0 aromatic carbocycles. The minimum atomic E-state index is -0.693. The maximum Gasteiger partial charge on any atom is 0.357 e. The van der Waals surface area contributed by atoms with E-state index >= 15 is 0 Å². The minimum Gasteiger partial charge on any atom is -0.461 e. The van der Waals surface area contributed by atoms with Crippen LogP contribution in [0.15, 0.2) is 18.2 Å². The summed E-state index contributed by atoms with van der Waals surface area (Å²) in [6.45, 7) is 0.759. The molecule has 0 fully saturated rings. The smallest absolute Gasteiger partial charge is 0.357 e. The second-order valence-electron chi connectivity index (χ2n) is 2.83. The number of carbonyl (C=O) groups excluding carboxylic acids is 1.